The largest absolute Gasteiger partial charge is 0.364 e. The Kier molecular flexibility index (Phi) is 3.07. The number of thiophene rings is 1. The Labute approximate surface area is 97.5 Å². The zero-order chi connectivity index (χ0) is 11.7. The van der Waals surface area contributed by atoms with Gasteiger partial charge in [0.05, 0.1) is 5.39 Å². The van der Waals surface area contributed by atoms with Crippen molar-refractivity contribution in [3.63, 3.8) is 0 Å². The standard InChI is InChI=1S/C11H14N2O2S/c1-4-8-5-9-10(16-8)12-7(2)13(6-15-3)11(9)14/h5H,4,6H2,1-3H3. The Bertz CT molecular complexity index is 571. The molecule has 0 aliphatic heterocycles. The van der Waals surface area contributed by atoms with Crippen LogP contribution in [0, 0.1) is 6.92 Å². The van der Waals surface area contributed by atoms with Gasteiger partial charge in [0.1, 0.15) is 17.4 Å². The van der Waals surface area contributed by atoms with Gasteiger partial charge < -0.3 is 4.74 Å². The molecule has 2 heterocycles. The maximum absolute atomic E-state index is 12.1. The van der Waals surface area contributed by atoms with Crippen LogP contribution in [0.2, 0.25) is 0 Å². The molecule has 16 heavy (non-hydrogen) atoms. The quantitative estimate of drug-likeness (QED) is 0.820. The Morgan fingerprint density at radius 2 is 2.31 bits per heavy atom. The number of hydrogen-bond acceptors (Lipinski definition) is 4. The fourth-order valence-corrected chi connectivity index (χ4v) is 2.63. The van der Waals surface area contributed by atoms with Gasteiger partial charge in [-0.2, -0.15) is 0 Å². The number of ether oxygens (including phenoxy) is 1. The molecule has 0 bridgehead atoms. The third kappa shape index (κ3) is 1.76. The molecule has 0 aromatic carbocycles. The minimum absolute atomic E-state index is 0.0136. The molecule has 0 amide bonds. The number of hydrogen-bond donors (Lipinski definition) is 0. The summed E-state index contributed by atoms with van der Waals surface area (Å²) >= 11 is 1.59. The average Bonchev–Trinajstić information content (AvgIpc) is 2.67. The highest BCUT2D eigenvalue weighted by Gasteiger charge is 2.10. The summed E-state index contributed by atoms with van der Waals surface area (Å²) in [5.41, 5.74) is -0.0136. The lowest BCUT2D eigenvalue weighted by Gasteiger charge is -2.06. The van der Waals surface area contributed by atoms with Crippen molar-refractivity contribution in [2.75, 3.05) is 7.11 Å². The Hall–Kier alpha value is -1.20. The molecule has 0 saturated heterocycles. The van der Waals surface area contributed by atoms with Crippen molar-refractivity contribution < 1.29 is 4.74 Å². The second kappa shape index (κ2) is 4.35. The third-order valence-electron chi connectivity index (χ3n) is 2.50. The molecule has 0 atom stereocenters. The van der Waals surface area contributed by atoms with Crippen LogP contribution in [-0.4, -0.2) is 16.7 Å². The Morgan fingerprint density at radius 1 is 1.56 bits per heavy atom. The average molecular weight is 238 g/mol. The van der Waals surface area contributed by atoms with Crippen molar-refractivity contribution in [2.45, 2.75) is 27.0 Å². The van der Waals surface area contributed by atoms with Crippen LogP contribution in [0.5, 0.6) is 0 Å². The zero-order valence-corrected chi connectivity index (χ0v) is 10.4. The molecule has 0 aliphatic rings. The minimum Gasteiger partial charge on any atom is -0.364 e. The van der Waals surface area contributed by atoms with Crippen LogP contribution in [0.3, 0.4) is 0 Å². The van der Waals surface area contributed by atoms with Crippen molar-refractivity contribution in [3.05, 3.63) is 27.1 Å². The summed E-state index contributed by atoms with van der Waals surface area (Å²) < 4.78 is 6.55. The lowest BCUT2D eigenvalue weighted by molar-refractivity contribution is 0.126. The van der Waals surface area contributed by atoms with Crippen LogP contribution >= 0.6 is 11.3 Å². The van der Waals surface area contributed by atoms with Gasteiger partial charge in [-0.25, -0.2) is 4.98 Å². The summed E-state index contributed by atoms with van der Waals surface area (Å²) in [6.07, 6.45) is 0.934. The smallest absolute Gasteiger partial charge is 0.264 e. The van der Waals surface area contributed by atoms with Gasteiger partial charge in [0.15, 0.2) is 0 Å². The molecule has 4 nitrogen and oxygen atoms in total. The van der Waals surface area contributed by atoms with E-state index in [1.54, 1.807) is 23.0 Å². The second-order valence-corrected chi connectivity index (χ2v) is 4.71. The van der Waals surface area contributed by atoms with Gasteiger partial charge in [0.2, 0.25) is 0 Å². The van der Waals surface area contributed by atoms with Gasteiger partial charge >= 0.3 is 0 Å². The topological polar surface area (TPSA) is 44.1 Å². The molecule has 0 unspecified atom stereocenters. The summed E-state index contributed by atoms with van der Waals surface area (Å²) in [5.74, 6) is 0.698. The first kappa shape index (κ1) is 11.3. The lowest BCUT2D eigenvalue weighted by Crippen LogP contribution is -2.23. The summed E-state index contributed by atoms with van der Waals surface area (Å²) in [5, 5.41) is 0.699. The number of nitrogens with zero attached hydrogens (tertiary/aromatic N) is 2. The number of rotatable bonds is 3. The predicted octanol–water partition coefficient (Wildman–Crippen LogP) is 1.93. The molecule has 86 valence electrons. The molecule has 2 rings (SSSR count). The molecule has 0 fully saturated rings. The summed E-state index contributed by atoms with van der Waals surface area (Å²) in [4.78, 5) is 18.6. The molecule has 0 aliphatic carbocycles. The van der Waals surface area contributed by atoms with Gasteiger partial charge in [-0.05, 0) is 19.4 Å². The monoisotopic (exact) mass is 238 g/mol. The van der Waals surface area contributed by atoms with E-state index in [0.717, 1.165) is 11.3 Å². The Morgan fingerprint density at radius 3 is 2.94 bits per heavy atom. The SMILES string of the molecule is CCc1cc2c(=O)n(COC)c(C)nc2s1. The minimum atomic E-state index is -0.0136. The first-order valence-corrected chi connectivity index (χ1v) is 5.97. The van der Waals surface area contributed by atoms with Crippen LogP contribution < -0.4 is 5.56 Å². The number of aryl methyl sites for hydroxylation is 2. The molecule has 0 spiro atoms. The maximum atomic E-state index is 12.1. The second-order valence-electron chi connectivity index (χ2n) is 3.60. The van der Waals surface area contributed by atoms with Crippen molar-refractivity contribution in [1.29, 1.82) is 0 Å². The fraction of sp³-hybridized carbons (Fsp3) is 0.455. The third-order valence-corrected chi connectivity index (χ3v) is 3.67. The van der Waals surface area contributed by atoms with Gasteiger partial charge in [-0.3, -0.25) is 9.36 Å². The molecule has 0 saturated carbocycles. The molecule has 2 aromatic rings. The van der Waals surface area contributed by atoms with Crippen molar-refractivity contribution in [1.82, 2.24) is 9.55 Å². The van der Waals surface area contributed by atoms with E-state index in [4.69, 9.17) is 4.74 Å². The maximum Gasteiger partial charge on any atom is 0.264 e. The zero-order valence-electron chi connectivity index (χ0n) is 9.61. The molecule has 2 aromatic heterocycles. The van der Waals surface area contributed by atoms with E-state index in [1.165, 1.54) is 4.88 Å². The van der Waals surface area contributed by atoms with Crippen LogP contribution in [0.25, 0.3) is 10.2 Å². The first-order valence-electron chi connectivity index (χ1n) is 5.16. The van der Waals surface area contributed by atoms with Gasteiger partial charge in [0, 0.05) is 12.0 Å². The fourth-order valence-electron chi connectivity index (χ4n) is 1.62. The van der Waals surface area contributed by atoms with E-state index in [2.05, 4.69) is 11.9 Å². The van der Waals surface area contributed by atoms with Crippen molar-refractivity contribution in [3.8, 4) is 0 Å². The summed E-state index contributed by atoms with van der Waals surface area (Å²) in [6, 6.07) is 1.93. The van der Waals surface area contributed by atoms with E-state index >= 15 is 0 Å². The van der Waals surface area contributed by atoms with Crippen LogP contribution in [0.4, 0.5) is 0 Å². The summed E-state index contributed by atoms with van der Waals surface area (Å²) in [7, 11) is 1.57. The molecule has 0 N–H and O–H groups in total. The number of aromatic nitrogens is 2. The highest BCUT2D eigenvalue weighted by atomic mass is 32.1. The molecular weight excluding hydrogens is 224 g/mol. The van der Waals surface area contributed by atoms with Gasteiger partial charge in [-0.1, -0.05) is 6.92 Å². The van der Waals surface area contributed by atoms with E-state index in [1.807, 2.05) is 13.0 Å². The predicted molar refractivity (Wildman–Crippen MR) is 65.0 cm³/mol. The van der Waals surface area contributed by atoms with Crippen LogP contribution in [0.1, 0.15) is 17.6 Å². The normalized spacial score (nSPS) is 11.2. The van der Waals surface area contributed by atoms with Gasteiger partial charge in [-0.15, -0.1) is 11.3 Å². The highest BCUT2D eigenvalue weighted by Crippen LogP contribution is 2.21. The van der Waals surface area contributed by atoms with E-state index < -0.39 is 0 Å². The molecular formula is C11H14N2O2S. The highest BCUT2D eigenvalue weighted by molar-refractivity contribution is 7.18. The first-order chi connectivity index (χ1) is 7.67. The van der Waals surface area contributed by atoms with Crippen molar-refractivity contribution >= 4 is 21.6 Å². The van der Waals surface area contributed by atoms with E-state index in [-0.39, 0.29) is 12.3 Å². The molecule has 5 heteroatoms. The van der Waals surface area contributed by atoms with E-state index in [9.17, 15) is 4.79 Å². The lowest BCUT2D eigenvalue weighted by atomic mass is 10.3. The molecule has 0 radical (unpaired) electrons. The summed E-state index contributed by atoms with van der Waals surface area (Å²) in [6.45, 7) is 4.15. The van der Waals surface area contributed by atoms with Crippen LogP contribution in [-0.2, 0) is 17.9 Å². The van der Waals surface area contributed by atoms with Crippen LogP contribution in [0.15, 0.2) is 10.9 Å². The number of fused-ring (bicyclic) bond motifs is 1. The Balaban J connectivity index is 2.71. The van der Waals surface area contributed by atoms with Crippen molar-refractivity contribution in [2.24, 2.45) is 0 Å². The van der Waals surface area contributed by atoms with E-state index in [0.29, 0.717) is 11.2 Å². The number of methoxy groups -OCH3 is 1. The van der Waals surface area contributed by atoms with Gasteiger partial charge in [0.25, 0.3) is 5.56 Å².